The van der Waals surface area contributed by atoms with Gasteiger partial charge in [0.15, 0.2) is 11.5 Å². The summed E-state index contributed by atoms with van der Waals surface area (Å²) >= 11 is 0. The van der Waals surface area contributed by atoms with Crippen molar-refractivity contribution in [3.8, 4) is 17.2 Å². The molecule has 2 heterocycles. The van der Waals surface area contributed by atoms with Gasteiger partial charge in [-0.15, -0.1) is 0 Å². The highest BCUT2D eigenvalue weighted by molar-refractivity contribution is 6.47. The van der Waals surface area contributed by atoms with Crippen LogP contribution in [-0.4, -0.2) is 34.7 Å². The van der Waals surface area contributed by atoms with Gasteiger partial charge in [0.2, 0.25) is 0 Å². The van der Waals surface area contributed by atoms with E-state index in [1.54, 1.807) is 36.7 Å². The number of aryl methyl sites for hydroxylation is 1. The number of para-hydroxylation sites is 2. The zero-order chi connectivity index (χ0) is 19.7. The van der Waals surface area contributed by atoms with E-state index in [0.717, 1.165) is 5.69 Å². The van der Waals surface area contributed by atoms with Crippen molar-refractivity contribution in [2.24, 2.45) is 0 Å². The van der Waals surface area contributed by atoms with Gasteiger partial charge in [0, 0.05) is 0 Å². The van der Waals surface area contributed by atoms with E-state index < -0.39 is 11.7 Å². The lowest BCUT2D eigenvalue weighted by molar-refractivity contribution is -0.112. The molecule has 28 heavy (non-hydrogen) atoms. The number of benzene rings is 2. The molecule has 0 fully saturated rings. The number of carbonyl (C=O) groups is 2. The van der Waals surface area contributed by atoms with Crippen molar-refractivity contribution < 1.29 is 19.1 Å². The predicted octanol–water partition coefficient (Wildman–Crippen LogP) is 3.08. The summed E-state index contributed by atoms with van der Waals surface area (Å²) in [6.45, 7) is 4.32. The number of nitrogens with zero attached hydrogens (tertiary/aromatic N) is 2. The van der Waals surface area contributed by atoms with Crippen LogP contribution in [0.3, 0.4) is 0 Å². The highest BCUT2D eigenvalue weighted by Crippen LogP contribution is 2.37. The summed E-state index contributed by atoms with van der Waals surface area (Å²) in [7, 11) is 0. The minimum absolute atomic E-state index is 0.295. The first-order valence-electron chi connectivity index (χ1n) is 8.92. The molecule has 1 aromatic heterocycles. The molecule has 0 bridgehead atoms. The van der Waals surface area contributed by atoms with Crippen LogP contribution in [0.15, 0.2) is 48.5 Å². The number of ether oxygens (including phenoxy) is 2. The Hall–Kier alpha value is -3.61. The van der Waals surface area contributed by atoms with Crippen LogP contribution in [0.2, 0.25) is 0 Å². The minimum Gasteiger partial charge on any atom is -0.486 e. The topological polar surface area (TPSA) is 82.5 Å². The lowest BCUT2D eigenvalue weighted by Gasteiger charge is -2.20. The Morgan fingerprint density at radius 1 is 1.00 bits per heavy atom. The summed E-state index contributed by atoms with van der Waals surface area (Å²) in [6, 6.07) is 14.6. The first-order chi connectivity index (χ1) is 13.6. The van der Waals surface area contributed by atoms with Crippen molar-refractivity contribution in [2.45, 2.75) is 13.8 Å². The largest absolute Gasteiger partial charge is 0.486 e. The van der Waals surface area contributed by atoms with E-state index in [0.29, 0.717) is 47.4 Å². The Bertz CT molecular complexity index is 1060. The number of anilines is 1. The maximum Gasteiger partial charge on any atom is 0.297 e. The normalized spacial score (nSPS) is 12.5. The van der Waals surface area contributed by atoms with Crippen LogP contribution in [-0.2, 0) is 4.79 Å². The van der Waals surface area contributed by atoms with Crippen molar-refractivity contribution >= 4 is 17.4 Å². The van der Waals surface area contributed by atoms with Crippen LogP contribution in [0.25, 0.3) is 5.69 Å². The molecule has 0 saturated carbocycles. The third-order valence-corrected chi connectivity index (χ3v) is 4.54. The van der Waals surface area contributed by atoms with Gasteiger partial charge in [-0.05, 0) is 38.1 Å². The van der Waals surface area contributed by atoms with E-state index in [1.807, 2.05) is 30.3 Å². The number of amides is 1. The van der Waals surface area contributed by atoms with Crippen LogP contribution in [0.5, 0.6) is 11.5 Å². The van der Waals surface area contributed by atoms with Gasteiger partial charge in [-0.25, -0.2) is 4.68 Å². The highest BCUT2D eigenvalue weighted by atomic mass is 16.6. The van der Waals surface area contributed by atoms with Gasteiger partial charge in [0.05, 0.1) is 28.3 Å². The molecular formula is C21H19N3O4. The van der Waals surface area contributed by atoms with E-state index in [1.165, 1.54) is 0 Å². The minimum atomic E-state index is -0.749. The molecule has 2 aromatic carbocycles. The molecular weight excluding hydrogens is 358 g/mol. The van der Waals surface area contributed by atoms with Crippen LogP contribution in [0.1, 0.15) is 21.7 Å². The molecule has 0 unspecified atom stereocenters. The maximum atomic E-state index is 12.9. The first-order valence-corrected chi connectivity index (χ1v) is 8.92. The SMILES string of the molecule is Cc1nn(-c2ccccc2)c(C)c1C(=O)C(=O)Nc1cccc2c1OCCO2. The Labute approximate surface area is 161 Å². The second-order valence-corrected chi connectivity index (χ2v) is 6.41. The van der Waals surface area contributed by atoms with Crippen molar-refractivity contribution in [2.75, 3.05) is 18.5 Å². The summed E-state index contributed by atoms with van der Waals surface area (Å²) in [5.74, 6) is -0.419. The van der Waals surface area contributed by atoms with Crippen molar-refractivity contribution in [3.63, 3.8) is 0 Å². The van der Waals surface area contributed by atoms with E-state index >= 15 is 0 Å². The second-order valence-electron chi connectivity index (χ2n) is 6.41. The van der Waals surface area contributed by atoms with Crippen LogP contribution < -0.4 is 14.8 Å². The lowest BCUT2D eigenvalue weighted by atomic mass is 10.1. The fraction of sp³-hybridized carbons (Fsp3) is 0.190. The number of Topliss-reactive ketones (excluding diaryl/α,β-unsaturated/α-hetero) is 1. The van der Waals surface area contributed by atoms with E-state index in [-0.39, 0.29) is 0 Å². The molecule has 4 rings (SSSR count). The van der Waals surface area contributed by atoms with Crippen LogP contribution in [0, 0.1) is 13.8 Å². The zero-order valence-electron chi connectivity index (χ0n) is 15.6. The summed E-state index contributed by atoms with van der Waals surface area (Å²) in [5.41, 5.74) is 2.63. The summed E-state index contributed by atoms with van der Waals surface area (Å²) in [5, 5.41) is 7.07. The van der Waals surface area contributed by atoms with Gasteiger partial charge in [-0.3, -0.25) is 9.59 Å². The fourth-order valence-electron chi connectivity index (χ4n) is 3.26. The molecule has 1 aliphatic rings. The smallest absolute Gasteiger partial charge is 0.297 e. The quantitative estimate of drug-likeness (QED) is 0.558. The van der Waals surface area contributed by atoms with E-state index in [9.17, 15) is 9.59 Å². The third kappa shape index (κ3) is 3.11. The summed E-state index contributed by atoms with van der Waals surface area (Å²) in [4.78, 5) is 25.5. The number of rotatable bonds is 4. The van der Waals surface area contributed by atoms with E-state index in [2.05, 4.69) is 10.4 Å². The molecule has 0 atom stereocenters. The maximum absolute atomic E-state index is 12.9. The second kappa shape index (κ2) is 7.19. The molecule has 0 spiro atoms. The number of aromatic nitrogens is 2. The molecule has 1 aliphatic heterocycles. The van der Waals surface area contributed by atoms with Gasteiger partial charge < -0.3 is 14.8 Å². The molecule has 0 aliphatic carbocycles. The van der Waals surface area contributed by atoms with Gasteiger partial charge in [0.25, 0.3) is 11.7 Å². The highest BCUT2D eigenvalue weighted by Gasteiger charge is 2.26. The van der Waals surface area contributed by atoms with Crippen LogP contribution >= 0.6 is 0 Å². The lowest BCUT2D eigenvalue weighted by Crippen LogP contribution is -2.25. The number of carbonyl (C=O) groups excluding carboxylic acids is 2. The number of hydrogen-bond donors (Lipinski definition) is 1. The fourth-order valence-corrected chi connectivity index (χ4v) is 3.26. The molecule has 1 amide bonds. The summed E-state index contributed by atoms with van der Waals surface area (Å²) in [6.07, 6.45) is 0. The average Bonchev–Trinajstić information content (AvgIpc) is 3.02. The van der Waals surface area contributed by atoms with Crippen molar-refractivity contribution in [1.29, 1.82) is 0 Å². The van der Waals surface area contributed by atoms with E-state index in [4.69, 9.17) is 9.47 Å². The molecule has 142 valence electrons. The molecule has 0 saturated heterocycles. The van der Waals surface area contributed by atoms with Gasteiger partial charge in [-0.1, -0.05) is 24.3 Å². The number of ketones is 1. The Balaban J connectivity index is 1.62. The molecule has 1 N–H and O–H groups in total. The number of hydrogen-bond acceptors (Lipinski definition) is 5. The van der Waals surface area contributed by atoms with Gasteiger partial charge in [-0.2, -0.15) is 5.10 Å². The van der Waals surface area contributed by atoms with Gasteiger partial charge >= 0.3 is 0 Å². The molecule has 7 nitrogen and oxygen atoms in total. The van der Waals surface area contributed by atoms with Crippen LogP contribution in [0.4, 0.5) is 5.69 Å². The zero-order valence-corrected chi connectivity index (χ0v) is 15.6. The monoisotopic (exact) mass is 377 g/mol. The van der Waals surface area contributed by atoms with Crippen molar-refractivity contribution in [1.82, 2.24) is 9.78 Å². The Kier molecular flexibility index (Phi) is 4.57. The Morgan fingerprint density at radius 2 is 1.75 bits per heavy atom. The standard InChI is InChI=1S/C21H19N3O4/c1-13-18(14(2)24(23-13)15-7-4-3-5-8-15)19(25)21(26)22-16-9-6-10-17-20(16)28-12-11-27-17/h3-10H,11-12H2,1-2H3,(H,22,26). The Morgan fingerprint density at radius 3 is 2.54 bits per heavy atom. The number of nitrogens with one attached hydrogen (secondary N) is 1. The predicted molar refractivity (Wildman–Crippen MR) is 103 cm³/mol. The van der Waals surface area contributed by atoms with Gasteiger partial charge in [0.1, 0.15) is 13.2 Å². The molecule has 7 heteroatoms. The molecule has 0 radical (unpaired) electrons. The first kappa shape index (κ1) is 17.8. The van der Waals surface area contributed by atoms with Crippen molar-refractivity contribution in [3.05, 3.63) is 65.5 Å². The number of fused-ring (bicyclic) bond motifs is 1. The third-order valence-electron chi connectivity index (χ3n) is 4.54. The summed E-state index contributed by atoms with van der Waals surface area (Å²) < 4.78 is 12.8. The molecule has 3 aromatic rings. The average molecular weight is 377 g/mol.